The van der Waals surface area contributed by atoms with Crippen LogP contribution in [0.4, 0.5) is 4.39 Å². The summed E-state index contributed by atoms with van der Waals surface area (Å²) in [4.78, 5) is 16.5. The lowest BCUT2D eigenvalue weighted by Gasteiger charge is -2.31. The normalized spacial score (nSPS) is 18.6. The van der Waals surface area contributed by atoms with Crippen LogP contribution in [0.25, 0.3) is 10.9 Å². The number of fused-ring (bicyclic) bond motifs is 3. The van der Waals surface area contributed by atoms with E-state index in [1.54, 1.807) is 30.8 Å². The first kappa shape index (κ1) is 24.7. The quantitative estimate of drug-likeness (QED) is 0.328. The van der Waals surface area contributed by atoms with Crippen molar-refractivity contribution in [3.05, 3.63) is 64.6 Å². The average molecular weight is 497 g/mol. The van der Waals surface area contributed by atoms with Crippen molar-refractivity contribution >= 4 is 16.8 Å². The standard InChI is InChI=1S/C27H33FN4O4/c1-36-17-20-3-2-11-31(20)14-13-30-12-10-23-21(16-30)25-24(9-8-22(28)26(25)33)32(23)15-18-4-6-19(7-5-18)27(34)29-35/h4-9,20,33,35H,2-3,10-17H2,1H3,(H,29,34). The average Bonchev–Trinajstić information content (AvgIpc) is 3.47. The molecular weight excluding hydrogens is 463 g/mol. The summed E-state index contributed by atoms with van der Waals surface area (Å²) in [6.07, 6.45) is 3.17. The van der Waals surface area contributed by atoms with Crippen molar-refractivity contribution in [2.75, 3.05) is 39.9 Å². The highest BCUT2D eigenvalue weighted by Crippen LogP contribution is 2.38. The number of hydroxylamine groups is 1. The molecule has 5 rings (SSSR count). The summed E-state index contributed by atoms with van der Waals surface area (Å²) in [6.45, 7) is 5.82. The Balaban J connectivity index is 1.40. The van der Waals surface area contributed by atoms with Gasteiger partial charge in [0.15, 0.2) is 11.6 Å². The van der Waals surface area contributed by atoms with Crippen LogP contribution in [0.1, 0.15) is 40.0 Å². The Morgan fingerprint density at radius 1 is 1.17 bits per heavy atom. The van der Waals surface area contributed by atoms with E-state index in [9.17, 15) is 14.3 Å². The molecule has 1 saturated heterocycles. The molecule has 9 heteroatoms. The van der Waals surface area contributed by atoms with Crippen LogP contribution in [0.5, 0.6) is 5.75 Å². The van der Waals surface area contributed by atoms with Gasteiger partial charge in [0.2, 0.25) is 0 Å². The second-order valence-electron chi connectivity index (χ2n) is 9.75. The molecule has 1 aromatic heterocycles. The van der Waals surface area contributed by atoms with Crippen LogP contribution in [0.2, 0.25) is 0 Å². The number of phenolic OH excluding ortho intramolecular Hbond substituents is 1. The number of benzene rings is 2. The van der Waals surface area contributed by atoms with E-state index in [0.717, 1.165) is 61.5 Å². The van der Waals surface area contributed by atoms with E-state index in [0.29, 0.717) is 30.1 Å². The van der Waals surface area contributed by atoms with Crippen LogP contribution in [-0.4, -0.2) is 76.5 Å². The number of aromatic hydroxyl groups is 1. The summed E-state index contributed by atoms with van der Waals surface area (Å²) >= 11 is 0. The molecule has 36 heavy (non-hydrogen) atoms. The zero-order valence-corrected chi connectivity index (χ0v) is 20.5. The molecule has 3 heterocycles. The molecule has 0 saturated carbocycles. The number of amides is 1. The third kappa shape index (κ3) is 4.71. The van der Waals surface area contributed by atoms with E-state index in [2.05, 4.69) is 14.4 Å². The largest absolute Gasteiger partial charge is 0.504 e. The van der Waals surface area contributed by atoms with E-state index < -0.39 is 11.7 Å². The maximum atomic E-state index is 14.4. The number of nitrogens with one attached hydrogen (secondary N) is 1. The van der Waals surface area contributed by atoms with Crippen molar-refractivity contribution in [3.8, 4) is 5.75 Å². The first-order valence-electron chi connectivity index (χ1n) is 12.5. The topological polar surface area (TPSA) is 90.2 Å². The number of hydrogen-bond acceptors (Lipinski definition) is 6. The third-order valence-corrected chi connectivity index (χ3v) is 7.64. The second-order valence-corrected chi connectivity index (χ2v) is 9.75. The van der Waals surface area contributed by atoms with Crippen LogP contribution in [0, 0.1) is 5.82 Å². The lowest BCUT2D eigenvalue weighted by molar-refractivity contribution is 0.0706. The van der Waals surface area contributed by atoms with Crippen molar-refractivity contribution < 1.29 is 24.2 Å². The number of carbonyl (C=O) groups excluding carboxylic acids is 1. The number of carbonyl (C=O) groups is 1. The number of nitrogens with zero attached hydrogens (tertiary/aromatic N) is 3. The molecular formula is C27H33FN4O4. The van der Waals surface area contributed by atoms with Gasteiger partial charge in [0, 0.05) is 68.9 Å². The fourth-order valence-corrected chi connectivity index (χ4v) is 5.77. The Bertz CT molecular complexity index is 1240. The molecule has 0 aliphatic carbocycles. The molecule has 1 unspecified atom stereocenters. The molecule has 3 aromatic rings. The van der Waals surface area contributed by atoms with Crippen molar-refractivity contribution in [1.29, 1.82) is 0 Å². The minimum atomic E-state index is -0.613. The van der Waals surface area contributed by atoms with Gasteiger partial charge in [-0.25, -0.2) is 9.87 Å². The van der Waals surface area contributed by atoms with Crippen LogP contribution < -0.4 is 5.48 Å². The minimum Gasteiger partial charge on any atom is -0.504 e. The Morgan fingerprint density at radius 2 is 1.97 bits per heavy atom. The number of likely N-dealkylation sites (tertiary alicyclic amines) is 1. The molecule has 1 amide bonds. The summed E-state index contributed by atoms with van der Waals surface area (Å²) in [5.74, 6) is -1.47. The van der Waals surface area contributed by atoms with Crippen molar-refractivity contribution in [2.45, 2.75) is 38.4 Å². The van der Waals surface area contributed by atoms with Gasteiger partial charge in [-0.05, 0) is 54.8 Å². The van der Waals surface area contributed by atoms with Gasteiger partial charge in [0.25, 0.3) is 5.91 Å². The molecule has 2 aliphatic rings. The molecule has 1 fully saturated rings. The maximum absolute atomic E-state index is 14.4. The first-order chi connectivity index (χ1) is 17.5. The van der Waals surface area contributed by atoms with Gasteiger partial charge >= 0.3 is 0 Å². The van der Waals surface area contributed by atoms with E-state index in [-0.39, 0.29) is 5.75 Å². The molecule has 0 radical (unpaired) electrons. The van der Waals surface area contributed by atoms with E-state index >= 15 is 0 Å². The van der Waals surface area contributed by atoms with E-state index in [4.69, 9.17) is 9.94 Å². The molecule has 0 spiro atoms. The highest BCUT2D eigenvalue weighted by molar-refractivity contribution is 5.93. The number of aromatic nitrogens is 1. The summed E-state index contributed by atoms with van der Waals surface area (Å²) in [6, 6.07) is 10.5. The predicted octanol–water partition coefficient (Wildman–Crippen LogP) is 3.12. The summed E-state index contributed by atoms with van der Waals surface area (Å²) < 4.78 is 22.0. The number of methoxy groups -OCH3 is 1. The summed E-state index contributed by atoms with van der Waals surface area (Å²) in [5.41, 5.74) is 5.87. The van der Waals surface area contributed by atoms with Gasteiger partial charge in [-0.3, -0.25) is 19.8 Å². The Morgan fingerprint density at radius 3 is 2.72 bits per heavy atom. The Hall–Kier alpha value is -2.98. The maximum Gasteiger partial charge on any atom is 0.274 e. The van der Waals surface area contributed by atoms with Gasteiger partial charge in [-0.2, -0.15) is 0 Å². The molecule has 0 bridgehead atoms. The second kappa shape index (κ2) is 10.6. The van der Waals surface area contributed by atoms with Crippen LogP contribution in [0.3, 0.4) is 0 Å². The smallest absolute Gasteiger partial charge is 0.274 e. The van der Waals surface area contributed by atoms with Gasteiger partial charge < -0.3 is 14.4 Å². The third-order valence-electron chi connectivity index (χ3n) is 7.64. The Labute approximate surface area is 209 Å². The summed E-state index contributed by atoms with van der Waals surface area (Å²) in [7, 11) is 1.75. The fraction of sp³-hybridized carbons (Fsp3) is 0.444. The van der Waals surface area contributed by atoms with Crippen LogP contribution in [-0.2, 0) is 24.2 Å². The van der Waals surface area contributed by atoms with Crippen LogP contribution in [0.15, 0.2) is 36.4 Å². The van der Waals surface area contributed by atoms with E-state index in [1.165, 1.54) is 18.9 Å². The van der Waals surface area contributed by atoms with Crippen molar-refractivity contribution in [3.63, 3.8) is 0 Å². The first-order valence-corrected chi connectivity index (χ1v) is 12.5. The Kier molecular flexibility index (Phi) is 7.25. The van der Waals surface area contributed by atoms with Gasteiger partial charge in [0.05, 0.1) is 12.1 Å². The van der Waals surface area contributed by atoms with Crippen molar-refractivity contribution in [2.24, 2.45) is 0 Å². The number of rotatable bonds is 8. The van der Waals surface area contributed by atoms with Crippen molar-refractivity contribution in [1.82, 2.24) is 19.8 Å². The minimum absolute atomic E-state index is 0.293. The molecule has 2 aliphatic heterocycles. The SMILES string of the molecule is COCC1CCCN1CCN1CCc2c(c3c(O)c(F)ccc3n2Cc2ccc(C(=O)NO)cc2)C1. The number of ether oxygens (including phenoxy) is 1. The zero-order chi connectivity index (χ0) is 25.2. The van der Waals surface area contributed by atoms with Crippen LogP contribution >= 0.6 is 0 Å². The van der Waals surface area contributed by atoms with E-state index in [1.807, 2.05) is 12.1 Å². The van der Waals surface area contributed by atoms with Gasteiger partial charge in [0.1, 0.15) is 0 Å². The lowest BCUT2D eigenvalue weighted by atomic mass is 10.0. The lowest BCUT2D eigenvalue weighted by Crippen LogP contribution is -2.41. The van der Waals surface area contributed by atoms with Gasteiger partial charge in [-0.15, -0.1) is 0 Å². The molecule has 1 atom stereocenters. The number of hydrogen-bond donors (Lipinski definition) is 3. The van der Waals surface area contributed by atoms with Gasteiger partial charge in [-0.1, -0.05) is 12.1 Å². The zero-order valence-electron chi connectivity index (χ0n) is 20.5. The number of halogens is 1. The molecule has 3 N–H and O–H groups in total. The monoisotopic (exact) mass is 496 g/mol. The summed E-state index contributed by atoms with van der Waals surface area (Å²) in [5, 5.41) is 20.1. The highest BCUT2D eigenvalue weighted by atomic mass is 19.1. The predicted molar refractivity (Wildman–Crippen MR) is 134 cm³/mol. The highest BCUT2D eigenvalue weighted by Gasteiger charge is 2.29. The fourth-order valence-electron chi connectivity index (χ4n) is 5.77. The molecule has 8 nitrogen and oxygen atoms in total. The molecule has 2 aromatic carbocycles. The molecule has 192 valence electrons. The number of phenols is 1.